The number of para-hydroxylation sites is 1. The summed E-state index contributed by atoms with van der Waals surface area (Å²) < 4.78 is 40.8. The molecule has 0 fully saturated rings. The Balaban J connectivity index is 1.66. The second kappa shape index (κ2) is 9.25. The molecule has 3 aromatic carbocycles. The Labute approximate surface area is 187 Å². The lowest BCUT2D eigenvalue weighted by Crippen LogP contribution is -2.23. The van der Waals surface area contributed by atoms with Gasteiger partial charge in [0.2, 0.25) is 10.0 Å². The number of nitrogens with zero attached hydrogens (tertiary/aromatic N) is 2. The van der Waals surface area contributed by atoms with Gasteiger partial charge in [-0.25, -0.2) is 17.8 Å². The molecule has 7 nitrogen and oxygen atoms in total. The maximum absolute atomic E-state index is 13.0. The Morgan fingerprint density at radius 3 is 2.19 bits per heavy atom. The normalized spacial score (nSPS) is 11.3. The third-order valence-corrected chi connectivity index (χ3v) is 6.37. The molecule has 0 aliphatic carbocycles. The van der Waals surface area contributed by atoms with Crippen molar-refractivity contribution in [1.82, 2.24) is 14.5 Å². The summed E-state index contributed by atoms with van der Waals surface area (Å²) in [4.78, 5) is 0.0897. The van der Waals surface area contributed by atoms with E-state index in [0.717, 1.165) is 16.8 Å². The standard InChI is InChI=1S/C24H23N3O4S/c1-30-22-14-13-21(15-23(22)31-2)32(28,29)25-16-19-17-27(20-11-7-4-8-12-20)26-24(19)18-9-5-3-6-10-18/h3-15,17,25H,16H2,1-2H3. The molecule has 0 aliphatic rings. The summed E-state index contributed by atoms with van der Waals surface area (Å²) in [5.41, 5.74) is 3.26. The quantitative estimate of drug-likeness (QED) is 0.439. The van der Waals surface area contributed by atoms with Crippen LogP contribution < -0.4 is 14.2 Å². The lowest BCUT2D eigenvalue weighted by Gasteiger charge is -2.11. The predicted molar refractivity (Wildman–Crippen MR) is 123 cm³/mol. The Hall–Kier alpha value is -3.62. The fourth-order valence-electron chi connectivity index (χ4n) is 3.33. The molecule has 0 saturated carbocycles. The lowest BCUT2D eigenvalue weighted by atomic mass is 10.1. The predicted octanol–water partition coefficient (Wildman–Crippen LogP) is 4.04. The first-order chi connectivity index (χ1) is 15.5. The summed E-state index contributed by atoms with van der Waals surface area (Å²) in [6, 6.07) is 23.8. The minimum Gasteiger partial charge on any atom is -0.493 e. The Kier molecular flexibility index (Phi) is 6.25. The monoisotopic (exact) mass is 449 g/mol. The second-order valence-corrected chi connectivity index (χ2v) is 8.76. The van der Waals surface area contributed by atoms with Crippen LogP contribution in [-0.4, -0.2) is 32.4 Å². The lowest BCUT2D eigenvalue weighted by molar-refractivity contribution is 0.354. The molecule has 0 unspecified atom stereocenters. The molecule has 0 saturated heterocycles. The van der Waals surface area contributed by atoms with E-state index in [-0.39, 0.29) is 11.4 Å². The summed E-state index contributed by atoms with van der Waals surface area (Å²) in [5, 5.41) is 4.72. The van der Waals surface area contributed by atoms with Gasteiger partial charge >= 0.3 is 0 Å². The van der Waals surface area contributed by atoms with Crippen LogP contribution in [0.15, 0.2) is 90.0 Å². The molecule has 32 heavy (non-hydrogen) atoms. The van der Waals surface area contributed by atoms with Gasteiger partial charge in [0.25, 0.3) is 0 Å². The van der Waals surface area contributed by atoms with Gasteiger partial charge in [0.1, 0.15) is 0 Å². The molecule has 0 atom stereocenters. The number of benzene rings is 3. The van der Waals surface area contributed by atoms with Crippen molar-refractivity contribution in [3.8, 4) is 28.4 Å². The molecule has 4 aromatic rings. The SMILES string of the molecule is COc1ccc(S(=O)(=O)NCc2cn(-c3ccccc3)nc2-c2ccccc2)cc1OC. The number of aromatic nitrogens is 2. The summed E-state index contributed by atoms with van der Waals surface area (Å²) in [5.74, 6) is 0.805. The van der Waals surface area contributed by atoms with E-state index in [1.54, 1.807) is 10.7 Å². The van der Waals surface area contributed by atoms with Crippen molar-refractivity contribution in [2.75, 3.05) is 14.2 Å². The number of rotatable bonds is 8. The zero-order valence-electron chi connectivity index (χ0n) is 17.7. The number of hydrogen-bond donors (Lipinski definition) is 1. The van der Waals surface area contributed by atoms with Crippen LogP contribution in [0, 0.1) is 0 Å². The van der Waals surface area contributed by atoms with Crippen LogP contribution >= 0.6 is 0 Å². The van der Waals surface area contributed by atoms with E-state index in [0.29, 0.717) is 17.2 Å². The van der Waals surface area contributed by atoms with E-state index in [2.05, 4.69) is 4.72 Å². The topological polar surface area (TPSA) is 82.5 Å². The molecule has 4 rings (SSSR count). The highest BCUT2D eigenvalue weighted by Crippen LogP contribution is 2.30. The highest BCUT2D eigenvalue weighted by molar-refractivity contribution is 7.89. The van der Waals surface area contributed by atoms with Crippen LogP contribution in [0.1, 0.15) is 5.56 Å². The van der Waals surface area contributed by atoms with Crippen molar-refractivity contribution in [3.05, 3.63) is 90.6 Å². The summed E-state index contributed by atoms with van der Waals surface area (Å²) in [7, 11) is -0.829. The van der Waals surface area contributed by atoms with Gasteiger partial charge in [0.15, 0.2) is 11.5 Å². The number of nitrogens with one attached hydrogen (secondary N) is 1. The highest BCUT2D eigenvalue weighted by Gasteiger charge is 2.19. The van der Waals surface area contributed by atoms with Gasteiger partial charge < -0.3 is 9.47 Å². The molecule has 164 valence electrons. The van der Waals surface area contributed by atoms with E-state index < -0.39 is 10.0 Å². The third kappa shape index (κ3) is 4.51. The van der Waals surface area contributed by atoms with Crippen molar-refractivity contribution in [3.63, 3.8) is 0 Å². The van der Waals surface area contributed by atoms with Crippen LogP contribution in [0.4, 0.5) is 0 Å². The number of methoxy groups -OCH3 is 2. The molecule has 0 spiro atoms. The van der Waals surface area contributed by atoms with Crippen LogP contribution in [0.25, 0.3) is 16.9 Å². The number of ether oxygens (including phenoxy) is 2. The summed E-state index contributed by atoms with van der Waals surface area (Å²) >= 11 is 0. The summed E-state index contributed by atoms with van der Waals surface area (Å²) in [6.45, 7) is 0.0771. The molecule has 1 N–H and O–H groups in total. The van der Waals surface area contributed by atoms with Crippen LogP contribution in [0.3, 0.4) is 0 Å². The van der Waals surface area contributed by atoms with Gasteiger partial charge in [-0.1, -0.05) is 48.5 Å². The molecule has 0 aliphatic heterocycles. The van der Waals surface area contributed by atoms with E-state index in [4.69, 9.17) is 14.6 Å². The molecule has 1 heterocycles. The average molecular weight is 450 g/mol. The van der Waals surface area contributed by atoms with E-state index in [1.807, 2.05) is 66.9 Å². The van der Waals surface area contributed by atoms with Crippen molar-refractivity contribution in [1.29, 1.82) is 0 Å². The minimum atomic E-state index is -3.79. The molecular formula is C24H23N3O4S. The molecule has 0 bridgehead atoms. The first kappa shape index (κ1) is 21.6. The van der Waals surface area contributed by atoms with Gasteiger partial charge in [-0.05, 0) is 24.3 Å². The van der Waals surface area contributed by atoms with Crippen LogP contribution in [0.2, 0.25) is 0 Å². The zero-order chi connectivity index (χ0) is 22.6. The van der Waals surface area contributed by atoms with Crippen molar-refractivity contribution in [2.45, 2.75) is 11.4 Å². The van der Waals surface area contributed by atoms with Crippen LogP contribution in [0.5, 0.6) is 11.5 Å². The number of sulfonamides is 1. The van der Waals surface area contributed by atoms with Crippen molar-refractivity contribution < 1.29 is 17.9 Å². The molecule has 8 heteroatoms. The molecule has 0 amide bonds. The molecule has 0 radical (unpaired) electrons. The van der Waals surface area contributed by atoms with E-state index in [1.165, 1.54) is 26.4 Å². The van der Waals surface area contributed by atoms with Gasteiger partial charge in [0.05, 0.1) is 30.5 Å². The van der Waals surface area contributed by atoms with Gasteiger partial charge in [-0.3, -0.25) is 0 Å². The van der Waals surface area contributed by atoms with Gasteiger partial charge in [-0.15, -0.1) is 0 Å². The first-order valence-corrected chi connectivity index (χ1v) is 11.4. The minimum absolute atomic E-state index is 0.0771. The fraction of sp³-hybridized carbons (Fsp3) is 0.125. The highest BCUT2D eigenvalue weighted by atomic mass is 32.2. The van der Waals surface area contributed by atoms with Crippen molar-refractivity contribution >= 4 is 10.0 Å². The molecule has 1 aromatic heterocycles. The third-order valence-electron chi connectivity index (χ3n) is 4.98. The van der Waals surface area contributed by atoms with Gasteiger partial charge in [-0.2, -0.15) is 5.10 Å². The maximum Gasteiger partial charge on any atom is 0.241 e. The molecular weight excluding hydrogens is 426 g/mol. The second-order valence-electron chi connectivity index (χ2n) is 6.99. The Morgan fingerprint density at radius 2 is 1.53 bits per heavy atom. The van der Waals surface area contributed by atoms with Crippen molar-refractivity contribution in [2.24, 2.45) is 0 Å². The zero-order valence-corrected chi connectivity index (χ0v) is 18.5. The fourth-order valence-corrected chi connectivity index (χ4v) is 4.35. The van der Waals surface area contributed by atoms with E-state index in [9.17, 15) is 8.42 Å². The first-order valence-electron chi connectivity index (χ1n) is 9.93. The maximum atomic E-state index is 13.0. The van der Waals surface area contributed by atoms with Crippen LogP contribution in [-0.2, 0) is 16.6 Å². The average Bonchev–Trinajstić information content (AvgIpc) is 3.28. The largest absolute Gasteiger partial charge is 0.493 e. The van der Waals surface area contributed by atoms with Gasteiger partial charge in [0, 0.05) is 29.9 Å². The Bertz CT molecular complexity index is 1300. The van der Waals surface area contributed by atoms with E-state index >= 15 is 0 Å². The Morgan fingerprint density at radius 1 is 0.875 bits per heavy atom. The number of hydrogen-bond acceptors (Lipinski definition) is 5. The smallest absolute Gasteiger partial charge is 0.241 e. The summed E-state index contributed by atoms with van der Waals surface area (Å²) in [6.07, 6.45) is 1.84.